The van der Waals surface area contributed by atoms with Crippen LogP contribution in [0.5, 0.6) is 5.75 Å². The van der Waals surface area contributed by atoms with Crippen molar-refractivity contribution in [2.24, 2.45) is 4.99 Å². The minimum absolute atomic E-state index is 0.0845. The van der Waals surface area contributed by atoms with Crippen molar-refractivity contribution in [1.82, 2.24) is 0 Å². The molecule has 0 aliphatic carbocycles. The van der Waals surface area contributed by atoms with Crippen LogP contribution in [0.15, 0.2) is 29.3 Å². The van der Waals surface area contributed by atoms with E-state index in [-0.39, 0.29) is 6.42 Å². The second-order valence-electron chi connectivity index (χ2n) is 5.53. The first-order valence-electron chi connectivity index (χ1n) is 6.38. The number of carbonyl (C=O) groups is 1. The average Bonchev–Trinajstić information content (AvgIpc) is 2.37. The van der Waals surface area contributed by atoms with E-state index in [0.29, 0.717) is 11.3 Å². The second kappa shape index (κ2) is 6.52. The summed E-state index contributed by atoms with van der Waals surface area (Å²) in [5, 5.41) is 9.46. The number of hydrogen-bond donors (Lipinski definition) is 1. The zero-order valence-electron chi connectivity index (χ0n) is 12.5. The summed E-state index contributed by atoms with van der Waals surface area (Å²) in [7, 11) is 1.54. The number of isocyanates is 1. The predicted molar refractivity (Wildman–Crippen MR) is 76.0 cm³/mol. The number of methoxy groups -OCH3 is 1. The summed E-state index contributed by atoms with van der Waals surface area (Å²) in [6.07, 6.45) is 1.22. The Morgan fingerprint density at radius 3 is 2.24 bits per heavy atom. The van der Waals surface area contributed by atoms with Gasteiger partial charge in [-0.25, -0.2) is 9.59 Å². The Hall–Kier alpha value is -2.17. The monoisotopic (exact) mass is 293 g/mol. The van der Waals surface area contributed by atoms with E-state index in [9.17, 15) is 14.7 Å². The van der Waals surface area contributed by atoms with E-state index in [0.717, 1.165) is 0 Å². The number of benzene rings is 1. The number of ether oxygens (including phenoxy) is 2. The van der Waals surface area contributed by atoms with Crippen LogP contribution in [-0.2, 0) is 20.7 Å². The van der Waals surface area contributed by atoms with E-state index in [1.165, 1.54) is 13.2 Å². The number of aliphatic imine (C=N–C) groups is 1. The van der Waals surface area contributed by atoms with Gasteiger partial charge in [0.2, 0.25) is 6.08 Å². The molecular weight excluding hydrogens is 274 g/mol. The molecule has 0 saturated heterocycles. The number of rotatable bonds is 6. The third-order valence-corrected chi connectivity index (χ3v) is 2.64. The Morgan fingerprint density at radius 2 is 1.86 bits per heavy atom. The first-order chi connectivity index (χ1) is 9.72. The molecule has 6 heteroatoms. The van der Waals surface area contributed by atoms with Crippen molar-refractivity contribution in [2.45, 2.75) is 38.5 Å². The molecule has 0 radical (unpaired) electrons. The van der Waals surface area contributed by atoms with Gasteiger partial charge in [-0.1, -0.05) is 12.1 Å². The van der Waals surface area contributed by atoms with Gasteiger partial charge in [0.1, 0.15) is 5.75 Å². The maximum absolute atomic E-state index is 11.6. The number of aliphatic carboxylic acids is 1. The topological polar surface area (TPSA) is 85.2 Å². The second-order valence-corrected chi connectivity index (χ2v) is 5.53. The van der Waals surface area contributed by atoms with Crippen LogP contribution >= 0.6 is 0 Å². The molecule has 0 heterocycles. The summed E-state index contributed by atoms with van der Waals surface area (Å²) in [5.41, 5.74) is -2.12. The van der Waals surface area contributed by atoms with Gasteiger partial charge in [0.05, 0.1) is 12.7 Å². The van der Waals surface area contributed by atoms with Gasteiger partial charge in [0, 0.05) is 6.42 Å². The molecule has 0 aliphatic heterocycles. The first-order valence-corrected chi connectivity index (χ1v) is 6.38. The number of carboxylic acids is 1. The summed E-state index contributed by atoms with van der Waals surface area (Å²) >= 11 is 0. The molecular formula is C15H19NO5. The SMILES string of the molecule is COc1ccc(C[C@@](N=C=O)(OC(C)(C)C)C(=O)O)cc1. The van der Waals surface area contributed by atoms with Crippen LogP contribution < -0.4 is 4.74 Å². The molecule has 1 atom stereocenters. The van der Waals surface area contributed by atoms with Crippen LogP contribution in [0.25, 0.3) is 0 Å². The van der Waals surface area contributed by atoms with Gasteiger partial charge in [0.15, 0.2) is 0 Å². The van der Waals surface area contributed by atoms with Gasteiger partial charge < -0.3 is 14.6 Å². The standard InChI is InChI=1S/C15H19NO5/c1-14(2,3)21-15(13(18)19,16-10-17)9-11-5-7-12(20-4)8-6-11/h5-8H,9H2,1-4H3,(H,18,19)/t15-/m1/s1. The van der Waals surface area contributed by atoms with E-state index in [2.05, 4.69) is 4.99 Å². The minimum atomic E-state index is -1.99. The minimum Gasteiger partial charge on any atom is -0.497 e. The average molecular weight is 293 g/mol. The highest BCUT2D eigenvalue weighted by Gasteiger charge is 2.43. The summed E-state index contributed by atoms with van der Waals surface area (Å²) in [6.45, 7) is 5.08. The lowest BCUT2D eigenvalue weighted by Gasteiger charge is -2.32. The molecule has 0 bridgehead atoms. The molecule has 0 aromatic heterocycles. The molecule has 0 unspecified atom stereocenters. The van der Waals surface area contributed by atoms with E-state index in [1.54, 1.807) is 45.0 Å². The van der Waals surface area contributed by atoms with E-state index in [4.69, 9.17) is 9.47 Å². The Balaban J connectivity index is 3.16. The fourth-order valence-electron chi connectivity index (χ4n) is 1.87. The van der Waals surface area contributed by atoms with Gasteiger partial charge >= 0.3 is 5.97 Å². The Kier molecular flexibility index (Phi) is 5.24. The lowest BCUT2D eigenvalue weighted by atomic mass is 10.0. The third kappa shape index (κ3) is 4.70. The summed E-state index contributed by atoms with van der Waals surface area (Å²) in [4.78, 5) is 25.7. The lowest BCUT2D eigenvalue weighted by Crippen LogP contribution is -2.47. The van der Waals surface area contributed by atoms with Gasteiger partial charge in [-0.15, -0.1) is 0 Å². The van der Waals surface area contributed by atoms with Crippen LogP contribution in [0.3, 0.4) is 0 Å². The Morgan fingerprint density at radius 1 is 1.29 bits per heavy atom. The maximum atomic E-state index is 11.6. The van der Waals surface area contributed by atoms with Gasteiger partial charge in [0.25, 0.3) is 5.72 Å². The molecule has 1 N–H and O–H groups in total. The van der Waals surface area contributed by atoms with Gasteiger partial charge in [-0.3, -0.25) is 0 Å². The Labute approximate surface area is 123 Å². The van der Waals surface area contributed by atoms with Crippen LogP contribution in [0.4, 0.5) is 0 Å². The molecule has 0 spiro atoms. The molecule has 1 aromatic rings. The van der Waals surface area contributed by atoms with Crippen LogP contribution in [-0.4, -0.2) is 35.6 Å². The van der Waals surface area contributed by atoms with Gasteiger partial charge in [-0.2, -0.15) is 4.99 Å². The highest BCUT2D eigenvalue weighted by atomic mass is 16.6. The van der Waals surface area contributed by atoms with E-state index in [1.807, 2.05) is 0 Å². The largest absolute Gasteiger partial charge is 0.497 e. The number of nitrogens with zero attached hydrogens (tertiary/aromatic N) is 1. The van der Waals surface area contributed by atoms with Crippen molar-refractivity contribution in [3.8, 4) is 5.75 Å². The maximum Gasteiger partial charge on any atom is 0.360 e. The summed E-state index contributed by atoms with van der Waals surface area (Å²) in [6, 6.07) is 6.79. The number of carbonyl (C=O) groups excluding carboxylic acids is 1. The van der Waals surface area contributed by atoms with Crippen molar-refractivity contribution in [1.29, 1.82) is 0 Å². The first kappa shape index (κ1) is 16.9. The summed E-state index contributed by atoms with van der Waals surface area (Å²) in [5.74, 6) is -0.688. The molecule has 0 amide bonds. The van der Waals surface area contributed by atoms with Crippen molar-refractivity contribution in [3.63, 3.8) is 0 Å². The molecule has 0 aliphatic rings. The van der Waals surface area contributed by atoms with Crippen molar-refractivity contribution in [2.75, 3.05) is 7.11 Å². The zero-order valence-corrected chi connectivity index (χ0v) is 12.5. The molecule has 0 fully saturated rings. The fraction of sp³-hybridized carbons (Fsp3) is 0.467. The zero-order chi connectivity index (χ0) is 16.1. The summed E-state index contributed by atoms with van der Waals surface area (Å²) < 4.78 is 10.6. The molecule has 6 nitrogen and oxygen atoms in total. The highest BCUT2D eigenvalue weighted by Crippen LogP contribution is 2.27. The van der Waals surface area contributed by atoms with Gasteiger partial charge in [-0.05, 0) is 38.5 Å². The molecule has 1 aromatic carbocycles. The Bertz CT molecular complexity index is 536. The lowest BCUT2D eigenvalue weighted by molar-refractivity contribution is -0.182. The number of hydrogen-bond acceptors (Lipinski definition) is 5. The van der Waals surface area contributed by atoms with Crippen LogP contribution in [0, 0.1) is 0 Å². The fourth-order valence-corrected chi connectivity index (χ4v) is 1.87. The van der Waals surface area contributed by atoms with E-state index >= 15 is 0 Å². The molecule has 0 saturated carbocycles. The van der Waals surface area contributed by atoms with E-state index < -0.39 is 17.3 Å². The van der Waals surface area contributed by atoms with Crippen molar-refractivity contribution >= 4 is 12.0 Å². The molecule has 1 rings (SSSR count). The predicted octanol–water partition coefficient (Wildman–Crippen LogP) is 2.17. The quantitative estimate of drug-likeness (QED) is 0.641. The third-order valence-electron chi connectivity index (χ3n) is 2.64. The smallest absolute Gasteiger partial charge is 0.360 e. The molecule has 114 valence electrons. The highest BCUT2D eigenvalue weighted by molar-refractivity contribution is 5.78. The van der Waals surface area contributed by atoms with Crippen LogP contribution in [0.1, 0.15) is 26.3 Å². The normalized spacial score (nSPS) is 13.9. The molecule has 21 heavy (non-hydrogen) atoms. The van der Waals surface area contributed by atoms with Crippen molar-refractivity contribution in [3.05, 3.63) is 29.8 Å². The number of carboxylic acid groups (broad SMARTS) is 1. The van der Waals surface area contributed by atoms with Crippen LogP contribution in [0.2, 0.25) is 0 Å². The van der Waals surface area contributed by atoms with Crippen molar-refractivity contribution < 1.29 is 24.2 Å².